The van der Waals surface area contributed by atoms with Crippen LogP contribution < -0.4 is 11.1 Å². The van der Waals surface area contributed by atoms with E-state index in [1.807, 2.05) is 0 Å². The molecular weight excluding hydrogens is 276 g/mol. The molecule has 88 valence electrons. The van der Waals surface area contributed by atoms with Crippen LogP contribution >= 0.6 is 15.9 Å². The first-order valence-electron chi connectivity index (χ1n) is 4.65. The minimum absolute atomic E-state index is 0.184. The van der Waals surface area contributed by atoms with Crippen LogP contribution in [0.3, 0.4) is 0 Å². The zero-order valence-electron chi connectivity index (χ0n) is 9.04. The molecule has 2 amide bonds. The molecule has 1 aromatic heterocycles. The van der Waals surface area contributed by atoms with Crippen LogP contribution in [0, 0.1) is 5.41 Å². The van der Waals surface area contributed by atoms with E-state index in [1.54, 1.807) is 19.9 Å². The SMILES string of the molecule is CC(C)(CNC(=O)c1coc(Br)c1)C(N)=O. The average Bonchev–Trinajstić information content (AvgIpc) is 2.61. The first-order chi connectivity index (χ1) is 7.33. The molecule has 0 aliphatic heterocycles. The second-order valence-corrected chi connectivity index (χ2v) is 4.85. The predicted octanol–water partition coefficient (Wildman–Crippen LogP) is 1.28. The summed E-state index contributed by atoms with van der Waals surface area (Å²) < 4.78 is 5.41. The largest absolute Gasteiger partial charge is 0.457 e. The van der Waals surface area contributed by atoms with E-state index in [2.05, 4.69) is 21.2 Å². The number of nitrogens with two attached hydrogens (primary N) is 1. The molecule has 0 bridgehead atoms. The van der Waals surface area contributed by atoms with Crippen molar-refractivity contribution >= 4 is 27.7 Å². The number of rotatable bonds is 4. The van der Waals surface area contributed by atoms with Gasteiger partial charge in [0.2, 0.25) is 5.91 Å². The molecule has 0 saturated heterocycles. The predicted molar refractivity (Wildman–Crippen MR) is 61.7 cm³/mol. The van der Waals surface area contributed by atoms with Gasteiger partial charge in [-0.2, -0.15) is 0 Å². The monoisotopic (exact) mass is 288 g/mol. The van der Waals surface area contributed by atoms with Crippen molar-refractivity contribution in [1.82, 2.24) is 5.32 Å². The summed E-state index contributed by atoms with van der Waals surface area (Å²) in [5.74, 6) is -0.759. The number of amides is 2. The summed E-state index contributed by atoms with van der Waals surface area (Å²) in [4.78, 5) is 22.6. The number of hydrogen-bond donors (Lipinski definition) is 2. The standard InChI is InChI=1S/C10H13BrN2O3/c1-10(2,9(12)15)5-13-8(14)6-3-7(11)16-4-6/h3-4H,5H2,1-2H3,(H2,12,15)(H,13,14). The lowest BCUT2D eigenvalue weighted by molar-refractivity contribution is -0.125. The third-order valence-electron chi connectivity index (χ3n) is 2.19. The molecule has 0 saturated carbocycles. The second kappa shape index (κ2) is 4.69. The van der Waals surface area contributed by atoms with Gasteiger partial charge in [0, 0.05) is 12.6 Å². The Kier molecular flexibility index (Phi) is 3.74. The number of primary amides is 1. The summed E-state index contributed by atoms with van der Waals surface area (Å²) in [6, 6.07) is 1.55. The highest BCUT2D eigenvalue weighted by molar-refractivity contribution is 9.10. The van der Waals surface area contributed by atoms with Gasteiger partial charge in [-0.05, 0) is 29.8 Å². The number of nitrogens with one attached hydrogen (secondary N) is 1. The van der Waals surface area contributed by atoms with E-state index < -0.39 is 11.3 Å². The van der Waals surface area contributed by atoms with Gasteiger partial charge in [-0.1, -0.05) is 0 Å². The Balaban J connectivity index is 2.57. The summed E-state index contributed by atoms with van der Waals surface area (Å²) in [6.45, 7) is 3.52. The molecule has 0 unspecified atom stereocenters. The van der Waals surface area contributed by atoms with Gasteiger partial charge in [0.15, 0.2) is 4.67 Å². The van der Waals surface area contributed by atoms with Gasteiger partial charge >= 0.3 is 0 Å². The Morgan fingerprint density at radius 3 is 2.62 bits per heavy atom. The zero-order valence-corrected chi connectivity index (χ0v) is 10.6. The zero-order chi connectivity index (χ0) is 12.3. The highest BCUT2D eigenvalue weighted by Gasteiger charge is 2.25. The molecule has 0 fully saturated rings. The second-order valence-electron chi connectivity index (χ2n) is 4.07. The number of halogens is 1. The maximum Gasteiger partial charge on any atom is 0.254 e. The fraction of sp³-hybridized carbons (Fsp3) is 0.400. The Labute approximate surface area is 101 Å². The fourth-order valence-corrected chi connectivity index (χ4v) is 1.26. The summed E-state index contributed by atoms with van der Waals surface area (Å²) in [7, 11) is 0. The van der Waals surface area contributed by atoms with E-state index in [4.69, 9.17) is 10.2 Å². The maximum atomic E-state index is 11.6. The lowest BCUT2D eigenvalue weighted by Crippen LogP contribution is -2.42. The third-order valence-corrected chi connectivity index (χ3v) is 2.60. The summed E-state index contributed by atoms with van der Waals surface area (Å²) >= 11 is 3.09. The first kappa shape index (κ1) is 12.8. The van der Waals surface area contributed by atoms with Crippen LogP contribution in [-0.2, 0) is 4.79 Å². The van der Waals surface area contributed by atoms with Crippen molar-refractivity contribution in [1.29, 1.82) is 0 Å². The van der Waals surface area contributed by atoms with Crippen molar-refractivity contribution < 1.29 is 14.0 Å². The molecule has 0 aliphatic rings. The van der Waals surface area contributed by atoms with Crippen molar-refractivity contribution in [3.05, 3.63) is 22.6 Å². The van der Waals surface area contributed by atoms with Gasteiger partial charge in [0.05, 0.1) is 11.0 Å². The molecule has 0 radical (unpaired) electrons. The van der Waals surface area contributed by atoms with E-state index in [0.717, 1.165) is 0 Å². The molecule has 5 nitrogen and oxygen atoms in total. The topological polar surface area (TPSA) is 85.3 Å². The van der Waals surface area contributed by atoms with E-state index in [-0.39, 0.29) is 12.5 Å². The van der Waals surface area contributed by atoms with Crippen molar-refractivity contribution in [2.75, 3.05) is 6.54 Å². The number of hydrogen-bond acceptors (Lipinski definition) is 3. The van der Waals surface area contributed by atoms with Crippen LogP contribution in [-0.4, -0.2) is 18.4 Å². The Hall–Kier alpha value is -1.30. The van der Waals surface area contributed by atoms with Crippen LogP contribution in [0.4, 0.5) is 0 Å². The molecule has 1 aromatic rings. The molecule has 0 atom stereocenters. The van der Waals surface area contributed by atoms with Gasteiger partial charge in [-0.15, -0.1) is 0 Å². The highest BCUT2D eigenvalue weighted by Crippen LogP contribution is 2.15. The minimum Gasteiger partial charge on any atom is -0.457 e. The molecule has 1 rings (SSSR count). The Morgan fingerprint density at radius 2 is 2.19 bits per heavy atom. The molecule has 3 N–H and O–H groups in total. The number of carbonyl (C=O) groups excluding carboxylic acids is 2. The quantitative estimate of drug-likeness (QED) is 0.875. The van der Waals surface area contributed by atoms with E-state index >= 15 is 0 Å². The van der Waals surface area contributed by atoms with Crippen molar-refractivity contribution in [3.8, 4) is 0 Å². The maximum absolute atomic E-state index is 11.6. The number of carbonyl (C=O) groups is 2. The van der Waals surface area contributed by atoms with E-state index in [9.17, 15) is 9.59 Å². The van der Waals surface area contributed by atoms with E-state index in [0.29, 0.717) is 10.2 Å². The van der Waals surface area contributed by atoms with Crippen LogP contribution in [0.1, 0.15) is 24.2 Å². The van der Waals surface area contributed by atoms with Gasteiger partial charge in [-0.25, -0.2) is 0 Å². The third kappa shape index (κ3) is 3.10. The summed E-state index contributed by atoms with van der Waals surface area (Å²) in [5.41, 5.74) is 4.81. The van der Waals surface area contributed by atoms with Crippen LogP contribution in [0.15, 0.2) is 21.4 Å². The Bertz CT molecular complexity index is 412. The molecule has 1 heterocycles. The van der Waals surface area contributed by atoms with Gasteiger partial charge in [0.25, 0.3) is 5.91 Å². The lowest BCUT2D eigenvalue weighted by atomic mass is 9.93. The fourth-order valence-electron chi connectivity index (χ4n) is 0.920. The summed E-state index contributed by atoms with van der Waals surface area (Å²) in [5, 5.41) is 2.61. The smallest absolute Gasteiger partial charge is 0.254 e. The lowest BCUT2D eigenvalue weighted by Gasteiger charge is -2.20. The van der Waals surface area contributed by atoms with Gasteiger partial charge in [0.1, 0.15) is 6.26 Å². The molecular formula is C10H13BrN2O3. The number of furan rings is 1. The van der Waals surface area contributed by atoms with Gasteiger partial charge in [-0.3, -0.25) is 9.59 Å². The van der Waals surface area contributed by atoms with E-state index in [1.165, 1.54) is 6.26 Å². The summed E-state index contributed by atoms with van der Waals surface area (Å²) in [6.07, 6.45) is 1.33. The normalized spacial score (nSPS) is 11.2. The highest BCUT2D eigenvalue weighted by atomic mass is 79.9. The average molecular weight is 289 g/mol. The molecule has 6 heteroatoms. The van der Waals surface area contributed by atoms with Crippen LogP contribution in [0.2, 0.25) is 0 Å². The van der Waals surface area contributed by atoms with Crippen molar-refractivity contribution in [2.45, 2.75) is 13.8 Å². The van der Waals surface area contributed by atoms with Crippen molar-refractivity contribution in [3.63, 3.8) is 0 Å². The first-order valence-corrected chi connectivity index (χ1v) is 5.44. The van der Waals surface area contributed by atoms with Crippen LogP contribution in [0.5, 0.6) is 0 Å². The van der Waals surface area contributed by atoms with Crippen molar-refractivity contribution in [2.24, 2.45) is 11.1 Å². The van der Waals surface area contributed by atoms with Crippen LogP contribution in [0.25, 0.3) is 0 Å². The molecule has 0 spiro atoms. The van der Waals surface area contributed by atoms with Gasteiger partial charge < -0.3 is 15.5 Å². The minimum atomic E-state index is -0.767. The molecule has 16 heavy (non-hydrogen) atoms. The molecule has 0 aliphatic carbocycles. The Morgan fingerprint density at radius 1 is 1.56 bits per heavy atom. The molecule has 0 aromatic carbocycles.